The lowest BCUT2D eigenvalue weighted by atomic mass is 10.1. The van der Waals surface area contributed by atoms with Gasteiger partial charge in [0, 0.05) is 25.4 Å². The SMILES string of the molecule is CNC(C)c1cccc(NC(=O)NCC(C)(C)OC)c1. The van der Waals surface area contributed by atoms with Crippen molar-refractivity contribution in [1.82, 2.24) is 10.6 Å². The van der Waals surface area contributed by atoms with Gasteiger partial charge in [-0.05, 0) is 45.5 Å². The van der Waals surface area contributed by atoms with Gasteiger partial charge in [-0.3, -0.25) is 0 Å². The zero-order chi connectivity index (χ0) is 15.2. The molecule has 1 aromatic carbocycles. The highest BCUT2D eigenvalue weighted by Gasteiger charge is 2.17. The molecule has 2 amide bonds. The number of carbonyl (C=O) groups is 1. The molecule has 20 heavy (non-hydrogen) atoms. The van der Waals surface area contributed by atoms with Gasteiger partial charge in [0.2, 0.25) is 0 Å². The number of hydrogen-bond acceptors (Lipinski definition) is 3. The van der Waals surface area contributed by atoms with E-state index in [1.165, 1.54) is 0 Å². The normalized spacial score (nSPS) is 12.8. The second-order valence-corrected chi connectivity index (χ2v) is 5.41. The lowest BCUT2D eigenvalue weighted by Gasteiger charge is -2.23. The molecule has 0 saturated carbocycles. The number of carbonyl (C=O) groups excluding carboxylic acids is 1. The molecule has 0 aliphatic rings. The molecule has 0 spiro atoms. The monoisotopic (exact) mass is 279 g/mol. The second kappa shape index (κ2) is 7.26. The second-order valence-electron chi connectivity index (χ2n) is 5.41. The minimum atomic E-state index is -0.375. The first kappa shape index (κ1) is 16.5. The quantitative estimate of drug-likeness (QED) is 0.750. The fraction of sp³-hybridized carbons (Fsp3) is 0.533. The van der Waals surface area contributed by atoms with Gasteiger partial charge in [-0.15, -0.1) is 0 Å². The van der Waals surface area contributed by atoms with Crippen LogP contribution in [0.5, 0.6) is 0 Å². The number of methoxy groups -OCH3 is 1. The first-order valence-electron chi connectivity index (χ1n) is 6.75. The minimum absolute atomic E-state index is 0.232. The van der Waals surface area contributed by atoms with Crippen LogP contribution in [0.15, 0.2) is 24.3 Å². The highest BCUT2D eigenvalue weighted by atomic mass is 16.5. The van der Waals surface area contributed by atoms with E-state index in [0.717, 1.165) is 11.3 Å². The van der Waals surface area contributed by atoms with Crippen molar-refractivity contribution in [2.75, 3.05) is 26.0 Å². The molecule has 1 rings (SSSR count). The van der Waals surface area contributed by atoms with E-state index in [0.29, 0.717) is 6.54 Å². The van der Waals surface area contributed by atoms with Crippen molar-refractivity contribution in [3.8, 4) is 0 Å². The molecule has 0 radical (unpaired) electrons. The van der Waals surface area contributed by atoms with Crippen molar-refractivity contribution in [3.05, 3.63) is 29.8 Å². The Hall–Kier alpha value is -1.59. The number of amides is 2. The Balaban J connectivity index is 2.58. The summed E-state index contributed by atoms with van der Waals surface area (Å²) < 4.78 is 5.25. The van der Waals surface area contributed by atoms with Crippen LogP contribution < -0.4 is 16.0 Å². The first-order valence-corrected chi connectivity index (χ1v) is 6.75. The Morgan fingerprint density at radius 1 is 1.40 bits per heavy atom. The van der Waals surface area contributed by atoms with Gasteiger partial charge in [0.25, 0.3) is 0 Å². The zero-order valence-electron chi connectivity index (χ0n) is 12.9. The average molecular weight is 279 g/mol. The van der Waals surface area contributed by atoms with E-state index in [1.54, 1.807) is 7.11 Å². The third-order valence-electron chi connectivity index (χ3n) is 3.30. The fourth-order valence-corrected chi connectivity index (χ4v) is 1.59. The van der Waals surface area contributed by atoms with E-state index in [9.17, 15) is 4.79 Å². The third kappa shape index (κ3) is 5.19. The van der Waals surface area contributed by atoms with Crippen LogP contribution in [0, 0.1) is 0 Å². The third-order valence-corrected chi connectivity index (χ3v) is 3.30. The van der Waals surface area contributed by atoms with Crippen molar-refractivity contribution in [2.24, 2.45) is 0 Å². The topological polar surface area (TPSA) is 62.4 Å². The Labute approximate surface area is 121 Å². The van der Waals surface area contributed by atoms with Gasteiger partial charge in [-0.25, -0.2) is 4.79 Å². The molecule has 1 unspecified atom stereocenters. The molecular weight excluding hydrogens is 254 g/mol. The van der Waals surface area contributed by atoms with E-state index in [4.69, 9.17) is 4.74 Å². The largest absolute Gasteiger partial charge is 0.377 e. The summed E-state index contributed by atoms with van der Waals surface area (Å²) in [5.74, 6) is 0. The van der Waals surface area contributed by atoms with Gasteiger partial charge in [0.05, 0.1) is 5.60 Å². The molecule has 0 aliphatic heterocycles. The highest BCUT2D eigenvalue weighted by Crippen LogP contribution is 2.16. The molecule has 5 nitrogen and oxygen atoms in total. The van der Waals surface area contributed by atoms with Gasteiger partial charge in [0.15, 0.2) is 0 Å². The Morgan fingerprint density at radius 3 is 2.70 bits per heavy atom. The maximum Gasteiger partial charge on any atom is 0.319 e. The number of urea groups is 1. The maximum absolute atomic E-state index is 11.8. The molecule has 0 aliphatic carbocycles. The molecular formula is C15H25N3O2. The van der Waals surface area contributed by atoms with Crippen LogP contribution in [-0.2, 0) is 4.74 Å². The molecule has 0 heterocycles. The number of rotatable bonds is 6. The molecule has 1 atom stereocenters. The van der Waals surface area contributed by atoms with E-state index >= 15 is 0 Å². The number of benzene rings is 1. The van der Waals surface area contributed by atoms with Crippen molar-refractivity contribution < 1.29 is 9.53 Å². The lowest BCUT2D eigenvalue weighted by Crippen LogP contribution is -2.41. The zero-order valence-corrected chi connectivity index (χ0v) is 12.9. The minimum Gasteiger partial charge on any atom is -0.377 e. The van der Waals surface area contributed by atoms with Gasteiger partial charge in [0.1, 0.15) is 0 Å². The number of hydrogen-bond donors (Lipinski definition) is 3. The Kier molecular flexibility index (Phi) is 5.98. The number of nitrogens with one attached hydrogen (secondary N) is 3. The molecule has 0 bridgehead atoms. The standard InChI is InChI=1S/C15H25N3O2/c1-11(16-4)12-7-6-8-13(9-12)18-14(19)17-10-15(2,3)20-5/h6-9,11,16H,10H2,1-5H3,(H2,17,18,19). The van der Waals surface area contributed by atoms with Crippen LogP contribution in [0.2, 0.25) is 0 Å². The molecule has 0 saturated heterocycles. The summed E-state index contributed by atoms with van der Waals surface area (Å²) in [6.07, 6.45) is 0. The molecule has 3 N–H and O–H groups in total. The van der Waals surface area contributed by atoms with Crippen LogP contribution in [0.1, 0.15) is 32.4 Å². The van der Waals surface area contributed by atoms with Crippen molar-refractivity contribution in [3.63, 3.8) is 0 Å². The van der Waals surface area contributed by atoms with Crippen molar-refractivity contribution >= 4 is 11.7 Å². The van der Waals surface area contributed by atoms with Gasteiger partial charge in [-0.1, -0.05) is 12.1 Å². The Bertz CT molecular complexity index is 446. The lowest BCUT2D eigenvalue weighted by molar-refractivity contribution is 0.0257. The van der Waals surface area contributed by atoms with Crippen molar-refractivity contribution in [1.29, 1.82) is 0 Å². The molecule has 112 valence electrons. The first-order chi connectivity index (χ1) is 9.38. The maximum atomic E-state index is 11.8. The van der Waals surface area contributed by atoms with Gasteiger partial charge < -0.3 is 20.7 Å². The summed E-state index contributed by atoms with van der Waals surface area (Å²) in [7, 11) is 3.53. The van der Waals surface area contributed by atoms with Crippen LogP contribution in [0.25, 0.3) is 0 Å². The summed E-state index contributed by atoms with van der Waals surface area (Å²) >= 11 is 0. The molecule has 5 heteroatoms. The van der Waals surface area contributed by atoms with Crippen LogP contribution >= 0.6 is 0 Å². The van der Waals surface area contributed by atoms with Crippen LogP contribution in [0.3, 0.4) is 0 Å². The average Bonchev–Trinajstić information content (AvgIpc) is 2.44. The van der Waals surface area contributed by atoms with Gasteiger partial charge in [-0.2, -0.15) is 0 Å². The fourth-order valence-electron chi connectivity index (χ4n) is 1.59. The molecule has 1 aromatic rings. The summed E-state index contributed by atoms with van der Waals surface area (Å²) in [4.78, 5) is 11.8. The van der Waals surface area contributed by atoms with E-state index in [1.807, 2.05) is 45.2 Å². The summed E-state index contributed by atoms with van der Waals surface area (Å²) in [6.45, 7) is 6.35. The van der Waals surface area contributed by atoms with E-state index in [-0.39, 0.29) is 17.7 Å². The van der Waals surface area contributed by atoms with E-state index in [2.05, 4.69) is 22.9 Å². The highest BCUT2D eigenvalue weighted by molar-refractivity contribution is 5.89. The summed E-state index contributed by atoms with van der Waals surface area (Å²) in [5.41, 5.74) is 1.53. The van der Waals surface area contributed by atoms with Crippen molar-refractivity contribution in [2.45, 2.75) is 32.4 Å². The smallest absolute Gasteiger partial charge is 0.319 e. The number of anilines is 1. The number of ether oxygens (including phenoxy) is 1. The summed E-state index contributed by atoms with van der Waals surface area (Å²) in [5, 5.41) is 8.79. The van der Waals surface area contributed by atoms with Gasteiger partial charge >= 0.3 is 6.03 Å². The predicted molar refractivity (Wildman–Crippen MR) is 82.0 cm³/mol. The Morgan fingerprint density at radius 2 is 2.10 bits per heavy atom. The molecule has 0 fully saturated rings. The van der Waals surface area contributed by atoms with Crippen LogP contribution in [-0.4, -0.2) is 32.3 Å². The van der Waals surface area contributed by atoms with Crippen LogP contribution in [0.4, 0.5) is 10.5 Å². The van der Waals surface area contributed by atoms with E-state index < -0.39 is 0 Å². The summed E-state index contributed by atoms with van der Waals surface area (Å²) in [6, 6.07) is 7.79. The predicted octanol–water partition coefficient (Wildman–Crippen LogP) is 2.51. The molecule has 0 aromatic heterocycles.